The number of carboxylic acid groups (broad SMARTS) is 1. The molecule has 0 saturated heterocycles. The Balaban J connectivity index is 6.91. The van der Waals surface area contributed by atoms with Crippen molar-refractivity contribution in [3.05, 3.63) is 0 Å². The third-order valence-corrected chi connectivity index (χ3v) is 47.1. The van der Waals surface area contributed by atoms with Crippen LogP contribution in [0.25, 0.3) is 0 Å². The van der Waals surface area contributed by atoms with Gasteiger partial charge in [-0.15, -0.1) is 0 Å². The van der Waals surface area contributed by atoms with Gasteiger partial charge in [-0.05, 0) is 235 Å². The molecule has 0 saturated carbocycles. The van der Waals surface area contributed by atoms with Gasteiger partial charge < -0.3 is 68.4 Å². The van der Waals surface area contributed by atoms with Gasteiger partial charge >= 0.3 is 5.97 Å². The molecule has 492 valence electrons. The zero-order chi connectivity index (χ0) is 63.7. The van der Waals surface area contributed by atoms with Gasteiger partial charge in [-0.3, -0.25) is 4.79 Å². The van der Waals surface area contributed by atoms with Crippen LogP contribution < -0.4 is 0 Å². The van der Waals surface area contributed by atoms with Crippen LogP contribution in [0.1, 0.15) is 159 Å². The predicted octanol–water partition coefficient (Wildman–Crippen LogP) is 20.0. The van der Waals surface area contributed by atoms with Crippen LogP contribution in [0, 0.1) is 0 Å². The molecule has 6 unspecified atom stereocenters. The number of carboxylic acids is 1. The lowest BCUT2D eigenvalue weighted by Gasteiger charge is -2.33. The summed E-state index contributed by atoms with van der Waals surface area (Å²) in [4.78, 5) is 11.8. The first-order chi connectivity index (χ1) is 37.4. The van der Waals surface area contributed by atoms with Crippen LogP contribution in [0.3, 0.4) is 0 Å². The molecular formula is C45H97O16P7S14. The zero-order valence-electron chi connectivity index (χ0n) is 51.7. The van der Waals surface area contributed by atoms with E-state index < -0.39 is 82.4 Å². The molecule has 0 heterocycles. The summed E-state index contributed by atoms with van der Waals surface area (Å²) < 4.78 is 89.6. The fourth-order valence-electron chi connectivity index (χ4n) is 5.59. The Labute approximate surface area is 559 Å². The molecule has 6 atom stereocenters. The quantitative estimate of drug-likeness (QED) is 0.0571. The van der Waals surface area contributed by atoms with Gasteiger partial charge in [0.25, 0.3) is 0 Å². The molecule has 82 heavy (non-hydrogen) atoms. The molecule has 0 spiro atoms. The van der Waals surface area contributed by atoms with Crippen LogP contribution in [-0.2, 0) is 151 Å². The summed E-state index contributed by atoms with van der Waals surface area (Å²) in [7, 11) is 0. The van der Waals surface area contributed by atoms with E-state index in [0.29, 0.717) is 34.5 Å². The van der Waals surface area contributed by atoms with Crippen molar-refractivity contribution < 1.29 is 73.2 Å². The molecule has 0 aromatic rings. The van der Waals surface area contributed by atoms with E-state index in [-0.39, 0.29) is 61.0 Å². The van der Waals surface area contributed by atoms with E-state index in [1.807, 2.05) is 152 Å². The molecule has 0 aromatic carbocycles. The van der Waals surface area contributed by atoms with Crippen molar-refractivity contribution in [1.29, 1.82) is 0 Å². The minimum absolute atomic E-state index is 0.137. The second-order valence-electron chi connectivity index (χ2n) is 20.6. The van der Waals surface area contributed by atoms with Gasteiger partial charge in [0.05, 0.1) is 91.9 Å². The molecule has 0 aliphatic rings. The van der Waals surface area contributed by atoms with Gasteiger partial charge in [-0.25, -0.2) is 0 Å². The third-order valence-electron chi connectivity index (χ3n) is 7.94. The van der Waals surface area contributed by atoms with Crippen LogP contribution >= 0.6 is 120 Å². The Morgan fingerprint density at radius 2 is 0.415 bits per heavy atom. The highest BCUT2D eigenvalue weighted by Crippen LogP contribution is 2.71. The Kier molecular flexibility index (Phi) is 46.3. The van der Waals surface area contributed by atoms with Crippen LogP contribution in [0.2, 0.25) is 0 Å². The van der Waals surface area contributed by atoms with Crippen molar-refractivity contribution in [3.8, 4) is 0 Å². The van der Waals surface area contributed by atoms with Gasteiger partial charge in [0.1, 0.15) is 0 Å². The summed E-state index contributed by atoms with van der Waals surface area (Å²) in [5, 5.41) is 9.67. The topological polar surface area (TPSA) is 167 Å². The molecule has 0 fully saturated rings. The lowest BCUT2D eigenvalue weighted by Crippen LogP contribution is -2.18. The summed E-state index contributed by atoms with van der Waals surface area (Å²) >= 11 is 52.3. The molecule has 0 aliphatic heterocycles. The fourth-order valence-corrected chi connectivity index (χ4v) is 45.9. The van der Waals surface area contributed by atoms with Gasteiger partial charge in [0.2, 0.25) is 39.9 Å². The molecule has 1 N–H and O–H groups in total. The lowest BCUT2D eigenvalue weighted by molar-refractivity contribution is -0.136. The van der Waals surface area contributed by atoms with Gasteiger partial charge in [0, 0.05) is 40.3 Å². The Bertz CT molecular complexity index is 1890. The maximum atomic E-state index is 11.8. The Morgan fingerprint density at radius 3 is 0.549 bits per heavy atom. The molecule has 0 rings (SSSR count). The summed E-state index contributed by atoms with van der Waals surface area (Å²) in [5.74, 6) is 1.48. The van der Waals surface area contributed by atoms with E-state index in [4.69, 9.17) is 146 Å². The molecular weight excluding hydrogens is 1460 g/mol. The standard InChI is InChI=1S/C45H97O16P7S14/c1-31(2)48-62(69,49-32(3)4)77-25-41(19)58-67(74,59-42(20)26-78-63(70,50-33(5)6)51-34(7)8)81-29-39(17)56-66(73,76-24-23-45(46)47)57-40(18)30-82-68(75,60-43(21)27-79-64(71,52-35(9)10)53-36(11)12)61-44(22)28-80-65(72,54-37(13)14)55-38(15)16/h31-44H,23-30H2,1-22H3,(H,46,47). The Hall–Kier alpha value is 5.91. The van der Waals surface area contributed by atoms with Gasteiger partial charge in [0.15, 0.2) is 0 Å². The number of rotatable bonds is 50. The smallest absolute Gasteiger partial charge is 0.304 e. The van der Waals surface area contributed by atoms with Crippen LogP contribution in [-0.4, -0.2) is 137 Å². The first-order valence-electron chi connectivity index (χ1n) is 26.9. The third kappa shape index (κ3) is 43.8. The van der Waals surface area contributed by atoms with Crippen LogP contribution in [0.15, 0.2) is 0 Å². The normalized spacial score (nSPS) is 17.9. The average Bonchev–Trinajstić information content (AvgIpc) is 3.26. The second-order valence-corrected chi connectivity index (χ2v) is 64.5. The molecule has 0 bridgehead atoms. The Morgan fingerprint density at radius 1 is 0.280 bits per heavy atom. The number of aliphatic carboxylic acids is 1. The first-order valence-corrected chi connectivity index (χ1v) is 56.5. The highest BCUT2D eigenvalue weighted by atomic mass is 32.9. The molecule has 0 aromatic heterocycles. The lowest BCUT2D eigenvalue weighted by atomic mass is 10.5. The zero-order valence-corrected chi connectivity index (χ0v) is 69.3. The minimum atomic E-state index is -3.28. The van der Waals surface area contributed by atoms with Crippen molar-refractivity contribution in [1.82, 2.24) is 0 Å². The van der Waals surface area contributed by atoms with Crippen molar-refractivity contribution in [3.63, 3.8) is 0 Å². The SMILES string of the molecule is CC(C)OP(=S)(OC(C)C)SCC(C)OP(=S)(OC(C)CSP(=S)(OC(C)C)OC(C)C)SCC(C)OP(=S)(OC(C)CSP(=S)(OC(C)CSP(=S)(OC(C)C)OC(C)C)OC(C)CSP(=S)(OC(C)C)OC(C)C)SCCC(=O)O. The van der Waals surface area contributed by atoms with Crippen LogP contribution in [0.4, 0.5) is 0 Å². The average molecular weight is 1560 g/mol. The predicted molar refractivity (Wildman–Crippen MR) is 393 cm³/mol. The van der Waals surface area contributed by atoms with Crippen molar-refractivity contribution >= 4 is 208 Å². The van der Waals surface area contributed by atoms with Crippen molar-refractivity contribution in [2.75, 3.05) is 40.3 Å². The van der Waals surface area contributed by atoms with Crippen molar-refractivity contribution in [2.45, 2.75) is 244 Å². The van der Waals surface area contributed by atoms with E-state index in [9.17, 15) is 9.90 Å². The van der Waals surface area contributed by atoms with Gasteiger partial charge in [-0.1, -0.05) is 79.7 Å². The summed E-state index contributed by atoms with van der Waals surface area (Å²) in [6, 6.07) is 0. The molecule has 16 nitrogen and oxygen atoms in total. The highest BCUT2D eigenvalue weighted by molar-refractivity contribution is 8.70. The monoisotopic (exact) mass is 1560 g/mol. The molecule has 37 heteroatoms. The minimum Gasteiger partial charge on any atom is -0.481 e. The maximum absolute atomic E-state index is 11.8. The number of hydrogen-bond acceptors (Lipinski definition) is 29. The van der Waals surface area contributed by atoms with E-state index >= 15 is 0 Å². The number of carbonyl (C=O) groups is 1. The maximum Gasteiger partial charge on any atom is 0.304 e. The van der Waals surface area contributed by atoms with E-state index in [1.165, 1.54) is 79.7 Å². The summed E-state index contributed by atoms with van der Waals surface area (Å²) in [6.45, 7) is 42.3. The van der Waals surface area contributed by atoms with Gasteiger partial charge in [-0.2, -0.15) is 0 Å². The second kappa shape index (κ2) is 43.2. The summed E-state index contributed by atoms with van der Waals surface area (Å²) in [6.07, 6.45) is -4.07. The summed E-state index contributed by atoms with van der Waals surface area (Å²) in [5.41, 5.74) is -20.6. The van der Waals surface area contributed by atoms with Crippen LogP contribution in [0.5, 0.6) is 0 Å². The van der Waals surface area contributed by atoms with Crippen molar-refractivity contribution in [2.24, 2.45) is 0 Å². The highest BCUT2D eigenvalue weighted by Gasteiger charge is 2.36. The van der Waals surface area contributed by atoms with E-state index in [2.05, 4.69) is 0 Å². The largest absolute Gasteiger partial charge is 0.481 e. The fraction of sp³-hybridized carbons (Fsp3) is 0.978. The molecule has 0 aliphatic carbocycles. The first kappa shape index (κ1) is 87.9. The molecule has 0 radical (unpaired) electrons. The number of hydrogen-bond donors (Lipinski definition) is 1. The van der Waals surface area contributed by atoms with E-state index in [1.54, 1.807) is 0 Å². The molecule has 0 amide bonds. The van der Waals surface area contributed by atoms with E-state index in [0.717, 1.165) is 0 Å².